The van der Waals surface area contributed by atoms with Gasteiger partial charge in [0.05, 0.1) is 12.0 Å². The van der Waals surface area contributed by atoms with Gasteiger partial charge in [-0.2, -0.15) is 0 Å². The molecule has 0 aliphatic rings. The fraction of sp³-hybridized carbons (Fsp3) is 0.200. The average molecular weight is 467 g/mol. The van der Waals surface area contributed by atoms with Crippen LogP contribution >= 0.6 is 0 Å². The second kappa shape index (κ2) is 9.63. The third-order valence-electron chi connectivity index (χ3n) is 6.15. The van der Waals surface area contributed by atoms with E-state index in [2.05, 4.69) is 6.92 Å². The van der Waals surface area contributed by atoms with Gasteiger partial charge in [-0.3, -0.25) is 4.79 Å². The van der Waals surface area contributed by atoms with E-state index in [1.165, 1.54) is 6.07 Å². The second-order valence-electron chi connectivity index (χ2n) is 8.65. The quantitative estimate of drug-likeness (QED) is 0.136. The standard InChI is InChI=1S/C30H26O5/c1-3-4-8-16-33-22-13-9-12-21(18-22)28(32)30-26(20-10-6-5-7-11-20)27-24(34-30)15-14-23-19(2)17-25(31)35-29(23)27/h5-7,9-15,17-18H,3-4,8,16H2,1-2H3. The van der Waals surface area contributed by atoms with Gasteiger partial charge in [-0.15, -0.1) is 0 Å². The summed E-state index contributed by atoms with van der Waals surface area (Å²) in [4.78, 5) is 26.0. The van der Waals surface area contributed by atoms with Crippen LogP contribution in [0, 0.1) is 6.92 Å². The highest BCUT2D eigenvalue weighted by Crippen LogP contribution is 2.40. The van der Waals surface area contributed by atoms with E-state index in [4.69, 9.17) is 13.6 Å². The van der Waals surface area contributed by atoms with Gasteiger partial charge in [0.2, 0.25) is 5.78 Å². The van der Waals surface area contributed by atoms with E-state index in [-0.39, 0.29) is 11.5 Å². The molecule has 0 spiro atoms. The molecule has 0 saturated heterocycles. The predicted molar refractivity (Wildman–Crippen MR) is 137 cm³/mol. The zero-order valence-corrected chi connectivity index (χ0v) is 19.8. The molecule has 0 aliphatic carbocycles. The first-order chi connectivity index (χ1) is 17.1. The number of furan rings is 1. The summed E-state index contributed by atoms with van der Waals surface area (Å²) in [5, 5.41) is 1.42. The molecular weight excluding hydrogens is 440 g/mol. The van der Waals surface area contributed by atoms with Gasteiger partial charge in [0.25, 0.3) is 0 Å². The molecule has 35 heavy (non-hydrogen) atoms. The summed E-state index contributed by atoms with van der Waals surface area (Å²) < 4.78 is 17.7. The molecule has 2 aromatic heterocycles. The van der Waals surface area contributed by atoms with Gasteiger partial charge in [-0.05, 0) is 48.7 Å². The lowest BCUT2D eigenvalue weighted by Gasteiger charge is -2.08. The molecule has 0 unspecified atom stereocenters. The molecule has 0 radical (unpaired) electrons. The molecule has 176 valence electrons. The number of fused-ring (bicyclic) bond motifs is 3. The summed E-state index contributed by atoms with van der Waals surface area (Å²) in [7, 11) is 0. The number of ether oxygens (including phenoxy) is 1. The van der Waals surface area contributed by atoms with Crippen molar-refractivity contribution in [2.75, 3.05) is 6.61 Å². The number of unbranched alkanes of at least 4 members (excludes halogenated alkanes) is 2. The maximum atomic E-state index is 13.8. The molecule has 5 aromatic rings. The first-order valence-corrected chi connectivity index (χ1v) is 11.9. The molecule has 3 aromatic carbocycles. The minimum Gasteiger partial charge on any atom is -0.494 e. The minimum atomic E-state index is -0.441. The summed E-state index contributed by atoms with van der Waals surface area (Å²) in [5.41, 5.74) is 3.15. The average Bonchev–Trinajstić information content (AvgIpc) is 3.27. The van der Waals surface area contributed by atoms with Crippen LogP contribution in [0.5, 0.6) is 5.75 Å². The van der Waals surface area contributed by atoms with Gasteiger partial charge in [0, 0.05) is 22.6 Å². The van der Waals surface area contributed by atoms with Crippen molar-refractivity contribution < 1.29 is 18.4 Å². The van der Waals surface area contributed by atoms with Crippen molar-refractivity contribution in [3.63, 3.8) is 0 Å². The summed E-state index contributed by atoms with van der Waals surface area (Å²) in [6.07, 6.45) is 3.18. The molecule has 0 saturated carbocycles. The van der Waals surface area contributed by atoms with E-state index in [0.29, 0.717) is 40.0 Å². The Labute approximate surface area is 202 Å². The lowest BCUT2D eigenvalue weighted by Crippen LogP contribution is -2.03. The SMILES string of the molecule is CCCCCOc1cccc(C(=O)c2oc3ccc4c(C)cc(=O)oc4c3c2-c2ccccc2)c1. The highest BCUT2D eigenvalue weighted by molar-refractivity contribution is 6.20. The Hall–Kier alpha value is -4.12. The number of aryl methyl sites for hydroxylation is 1. The van der Waals surface area contributed by atoms with E-state index >= 15 is 0 Å². The van der Waals surface area contributed by atoms with Crippen LogP contribution in [0.1, 0.15) is 47.9 Å². The third-order valence-corrected chi connectivity index (χ3v) is 6.15. The zero-order chi connectivity index (χ0) is 24.4. The number of ketones is 1. The molecule has 0 bridgehead atoms. The number of hydrogen-bond acceptors (Lipinski definition) is 5. The van der Waals surface area contributed by atoms with Crippen LogP contribution in [-0.2, 0) is 0 Å². The molecule has 0 amide bonds. The van der Waals surface area contributed by atoms with E-state index < -0.39 is 5.63 Å². The van der Waals surface area contributed by atoms with Crippen molar-refractivity contribution >= 4 is 27.7 Å². The van der Waals surface area contributed by atoms with Crippen molar-refractivity contribution in [3.8, 4) is 16.9 Å². The predicted octanol–water partition coefficient (Wildman–Crippen LogP) is 7.31. The van der Waals surface area contributed by atoms with Crippen LogP contribution in [0.4, 0.5) is 0 Å². The third kappa shape index (κ3) is 4.37. The smallest absolute Gasteiger partial charge is 0.336 e. The van der Waals surface area contributed by atoms with Crippen LogP contribution in [0.15, 0.2) is 86.4 Å². The van der Waals surface area contributed by atoms with Gasteiger partial charge < -0.3 is 13.6 Å². The molecule has 0 aliphatic heterocycles. The summed E-state index contributed by atoms with van der Waals surface area (Å²) in [6, 6.07) is 21.9. The van der Waals surface area contributed by atoms with Crippen LogP contribution in [0.3, 0.4) is 0 Å². The van der Waals surface area contributed by atoms with E-state index in [0.717, 1.165) is 35.8 Å². The minimum absolute atomic E-state index is 0.200. The number of carbonyl (C=O) groups is 1. The molecular formula is C30H26O5. The van der Waals surface area contributed by atoms with Crippen molar-refractivity contribution in [1.29, 1.82) is 0 Å². The van der Waals surface area contributed by atoms with Crippen molar-refractivity contribution in [3.05, 3.63) is 100 Å². The highest BCUT2D eigenvalue weighted by atomic mass is 16.5. The lowest BCUT2D eigenvalue weighted by molar-refractivity contribution is 0.101. The van der Waals surface area contributed by atoms with E-state index in [9.17, 15) is 9.59 Å². The van der Waals surface area contributed by atoms with Crippen LogP contribution in [-0.4, -0.2) is 12.4 Å². The molecule has 5 nitrogen and oxygen atoms in total. The van der Waals surface area contributed by atoms with Crippen molar-refractivity contribution in [2.45, 2.75) is 33.1 Å². The van der Waals surface area contributed by atoms with Crippen LogP contribution in [0.25, 0.3) is 33.1 Å². The molecule has 0 N–H and O–H groups in total. The second-order valence-corrected chi connectivity index (χ2v) is 8.65. The van der Waals surface area contributed by atoms with Crippen LogP contribution in [0.2, 0.25) is 0 Å². The first-order valence-electron chi connectivity index (χ1n) is 11.9. The topological polar surface area (TPSA) is 69.7 Å². The highest BCUT2D eigenvalue weighted by Gasteiger charge is 2.26. The number of benzene rings is 3. The van der Waals surface area contributed by atoms with E-state index in [1.807, 2.05) is 61.5 Å². The fourth-order valence-electron chi connectivity index (χ4n) is 4.40. The Balaban J connectivity index is 1.68. The van der Waals surface area contributed by atoms with Gasteiger partial charge in [-0.25, -0.2) is 4.79 Å². The van der Waals surface area contributed by atoms with Crippen LogP contribution < -0.4 is 10.4 Å². The summed E-state index contributed by atoms with van der Waals surface area (Å²) in [5.74, 6) is 0.588. The molecule has 2 heterocycles. The zero-order valence-electron chi connectivity index (χ0n) is 19.8. The Morgan fingerprint density at radius 1 is 0.914 bits per heavy atom. The fourth-order valence-corrected chi connectivity index (χ4v) is 4.40. The molecule has 0 atom stereocenters. The van der Waals surface area contributed by atoms with Gasteiger partial charge in [0.1, 0.15) is 16.9 Å². The normalized spacial score (nSPS) is 11.3. The van der Waals surface area contributed by atoms with E-state index in [1.54, 1.807) is 12.1 Å². The Morgan fingerprint density at radius 3 is 2.54 bits per heavy atom. The first kappa shape index (κ1) is 22.7. The van der Waals surface area contributed by atoms with Gasteiger partial charge >= 0.3 is 5.63 Å². The monoisotopic (exact) mass is 466 g/mol. The maximum absolute atomic E-state index is 13.8. The Bertz CT molecular complexity index is 1570. The number of carbonyl (C=O) groups excluding carboxylic acids is 1. The molecule has 0 fully saturated rings. The number of hydrogen-bond donors (Lipinski definition) is 0. The summed E-state index contributed by atoms with van der Waals surface area (Å²) >= 11 is 0. The number of rotatable bonds is 8. The lowest BCUT2D eigenvalue weighted by atomic mass is 9.96. The van der Waals surface area contributed by atoms with Gasteiger partial charge in [-0.1, -0.05) is 62.2 Å². The maximum Gasteiger partial charge on any atom is 0.336 e. The largest absolute Gasteiger partial charge is 0.494 e. The van der Waals surface area contributed by atoms with Gasteiger partial charge in [0.15, 0.2) is 5.76 Å². The van der Waals surface area contributed by atoms with Crippen molar-refractivity contribution in [2.24, 2.45) is 0 Å². The van der Waals surface area contributed by atoms with Crippen molar-refractivity contribution in [1.82, 2.24) is 0 Å². The molecule has 5 heteroatoms. The Morgan fingerprint density at radius 2 is 1.74 bits per heavy atom. The summed E-state index contributed by atoms with van der Waals surface area (Å²) in [6.45, 7) is 4.62. The molecule has 5 rings (SSSR count). The Kier molecular flexibility index (Phi) is 6.23.